The third-order valence-corrected chi connectivity index (χ3v) is 6.64. The number of anilines is 1. The average Bonchev–Trinajstić information content (AvgIpc) is 3.37. The van der Waals surface area contributed by atoms with Gasteiger partial charge in [0.25, 0.3) is 5.91 Å². The predicted octanol–water partition coefficient (Wildman–Crippen LogP) is 4.57. The number of benzene rings is 3. The molecule has 0 radical (unpaired) electrons. The Morgan fingerprint density at radius 1 is 0.868 bits per heavy atom. The summed E-state index contributed by atoms with van der Waals surface area (Å²) in [5.74, 6) is -0.547. The molecule has 0 aliphatic carbocycles. The van der Waals surface area contributed by atoms with Gasteiger partial charge in [-0.25, -0.2) is 4.98 Å². The van der Waals surface area contributed by atoms with Crippen molar-refractivity contribution in [3.8, 4) is 0 Å². The zero-order valence-corrected chi connectivity index (χ0v) is 20.9. The molecular formula is C31H28N4O3. The Morgan fingerprint density at radius 3 is 2.05 bits per heavy atom. The molecule has 0 aliphatic rings. The fraction of sp³-hybridized carbons (Fsp3) is 0.129. The molecule has 7 nitrogen and oxygen atoms in total. The molecule has 2 aromatic heterocycles. The van der Waals surface area contributed by atoms with E-state index >= 15 is 0 Å². The van der Waals surface area contributed by atoms with Crippen LogP contribution in [0, 0.1) is 0 Å². The Hall–Kier alpha value is -4.75. The largest absolute Gasteiger partial charge is 0.378 e. The van der Waals surface area contributed by atoms with Crippen LogP contribution in [0.5, 0.6) is 0 Å². The van der Waals surface area contributed by atoms with Gasteiger partial charge in [-0.15, -0.1) is 0 Å². The molecule has 190 valence electrons. The second-order valence-electron chi connectivity index (χ2n) is 9.21. The van der Waals surface area contributed by atoms with Crippen molar-refractivity contribution >= 4 is 23.0 Å². The van der Waals surface area contributed by atoms with Gasteiger partial charge < -0.3 is 20.1 Å². The maximum Gasteiger partial charge on any atom is 0.272 e. The number of nitrogens with zero attached hydrogens (tertiary/aromatic N) is 2. The minimum Gasteiger partial charge on any atom is -0.378 e. The van der Waals surface area contributed by atoms with Gasteiger partial charge in [-0.3, -0.25) is 9.59 Å². The molecule has 0 saturated carbocycles. The highest BCUT2D eigenvalue weighted by molar-refractivity contribution is 5.99. The number of amides is 2. The van der Waals surface area contributed by atoms with Crippen LogP contribution in [0.3, 0.4) is 0 Å². The Morgan fingerprint density at radius 2 is 1.45 bits per heavy atom. The molecule has 1 unspecified atom stereocenters. The number of hydrogen-bond acceptors (Lipinski definition) is 4. The van der Waals surface area contributed by atoms with Crippen molar-refractivity contribution in [1.82, 2.24) is 14.7 Å². The van der Waals surface area contributed by atoms with E-state index in [1.807, 2.05) is 91.0 Å². The maximum absolute atomic E-state index is 13.3. The highest BCUT2D eigenvalue weighted by Gasteiger charge is 2.39. The number of pyridine rings is 1. The van der Waals surface area contributed by atoms with Crippen LogP contribution >= 0.6 is 0 Å². The van der Waals surface area contributed by atoms with Crippen LogP contribution < -0.4 is 10.6 Å². The fourth-order valence-corrected chi connectivity index (χ4v) is 4.66. The first-order valence-electron chi connectivity index (χ1n) is 12.4. The molecule has 0 fully saturated rings. The van der Waals surface area contributed by atoms with Crippen LogP contribution in [0.1, 0.15) is 34.1 Å². The normalized spacial score (nSPS) is 12.2. The topological polar surface area (TPSA) is 95.7 Å². The van der Waals surface area contributed by atoms with E-state index < -0.39 is 17.6 Å². The van der Waals surface area contributed by atoms with Gasteiger partial charge in [0.1, 0.15) is 11.9 Å². The average molecular weight is 505 g/mol. The Bertz CT molecular complexity index is 1510. The molecule has 5 rings (SSSR count). The highest BCUT2D eigenvalue weighted by atomic mass is 16.3. The molecule has 3 N–H and O–H groups in total. The van der Waals surface area contributed by atoms with E-state index in [0.717, 1.165) is 5.56 Å². The monoisotopic (exact) mass is 504 g/mol. The number of fused-ring (bicyclic) bond motifs is 1. The van der Waals surface area contributed by atoms with E-state index in [1.165, 1.54) is 6.33 Å². The van der Waals surface area contributed by atoms with Gasteiger partial charge in [-0.2, -0.15) is 0 Å². The van der Waals surface area contributed by atoms with E-state index in [9.17, 15) is 14.7 Å². The van der Waals surface area contributed by atoms with Crippen molar-refractivity contribution < 1.29 is 14.7 Å². The summed E-state index contributed by atoms with van der Waals surface area (Å²) in [6.45, 7) is 1.77. The quantitative estimate of drug-likeness (QED) is 0.289. The lowest BCUT2D eigenvalue weighted by atomic mass is 9.80. The fourth-order valence-electron chi connectivity index (χ4n) is 4.66. The van der Waals surface area contributed by atoms with Gasteiger partial charge in [-0.05, 0) is 35.7 Å². The Labute approximate surface area is 220 Å². The molecule has 2 amide bonds. The van der Waals surface area contributed by atoms with Gasteiger partial charge in [0.2, 0.25) is 5.91 Å². The van der Waals surface area contributed by atoms with Crippen LogP contribution in [-0.2, 0) is 16.8 Å². The Balaban J connectivity index is 1.35. The first-order chi connectivity index (χ1) is 18.4. The molecule has 1 atom stereocenters. The van der Waals surface area contributed by atoms with Crippen molar-refractivity contribution in [1.29, 1.82) is 0 Å². The van der Waals surface area contributed by atoms with Crippen LogP contribution in [-0.4, -0.2) is 32.3 Å². The van der Waals surface area contributed by atoms with E-state index in [0.29, 0.717) is 22.3 Å². The van der Waals surface area contributed by atoms with Crippen molar-refractivity contribution in [3.63, 3.8) is 0 Å². The first-order valence-corrected chi connectivity index (χ1v) is 12.4. The minimum absolute atomic E-state index is 0.136. The van der Waals surface area contributed by atoms with Crippen molar-refractivity contribution in [2.75, 3.05) is 5.32 Å². The zero-order valence-electron chi connectivity index (χ0n) is 20.9. The third kappa shape index (κ3) is 5.05. The number of nitrogens with one attached hydrogen (secondary N) is 2. The lowest BCUT2D eigenvalue weighted by Gasteiger charge is -2.35. The zero-order chi connectivity index (χ0) is 26.5. The van der Waals surface area contributed by atoms with Crippen molar-refractivity contribution in [2.24, 2.45) is 0 Å². The molecule has 38 heavy (non-hydrogen) atoms. The molecule has 3 aromatic carbocycles. The maximum atomic E-state index is 13.3. The third-order valence-electron chi connectivity index (χ3n) is 6.64. The first kappa shape index (κ1) is 24.9. The van der Waals surface area contributed by atoms with Gasteiger partial charge in [0, 0.05) is 6.20 Å². The lowest BCUT2D eigenvalue weighted by Crippen LogP contribution is -2.49. The molecule has 5 aromatic rings. The van der Waals surface area contributed by atoms with E-state index in [4.69, 9.17) is 0 Å². The highest BCUT2D eigenvalue weighted by Crippen LogP contribution is 2.33. The second-order valence-corrected chi connectivity index (χ2v) is 9.21. The summed E-state index contributed by atoms with van der Waals surface area (Å²) in [4.78, 5) is 30.1. The van der Waals surface area contributed by atoms with Crippen LogP contribution in [0.25, 0.3) is 5.52 Å². The second kappa shape index (κ2) is 10.7. The molecular weight excluding hydrogens is 476 g/mol. The van der Waals surface area contributed by atoms with Gasteiger partial charge in [-0.1, -0.05) is 91.0 Å². The SMILES string of the molecule is CC(NC(=O)c1ncn2cc(NC(=O)Cc3ccccc3)ccc12)C(O)(c1ccccc1)c1ccccc1. The molecule has 2 heterocycles. The molecule has 0 aliphatic heterocycles. The number of imidazole rings is 1. The Kier molecular flexibility index (Phi) is 7.02. The van der Waals surface area contributed by atoms with E-state index in [-0.39, 0.29) is 18.0 Å². The predicted molar refractivity (Wildman–Crippen MR) is 147 cm³/mol. The number of rotatable bonds is 8. The van der Waals surface area contributed by atoms with Crippen LogP contribution in [0.15, 0.2) is 116 Å². The van der Waals surface area contributed by atoms with E-state index in [2.05, 4.69) is 15.6 Å². The number of aliphatic hydroxyl groups is 1. The van der Waals surface area contributed by atoms with Crippen LogP contribution in [0.4, 0.5) is 5.69 Å². The lowest BCUT2D eigenvalue weighted by molar-refractivity contribution is -0.115. The molecule has 0 spiro atoms. The summed E-state index contributed by atoms with van der Waals surface area (Å²) < 4.78 is 1.69. The number of carbonyl (C=O) groups excluding carboxylic acids is 2. The summed E-state index contributed by atoms with van der Waals surface area (Å²) in [7, 11) is 0. The van der Waals surface area contributed by atoms with E-state index in [1.54, 1.807) is 29.7 Å². The number of aromatic nitrogens is 2. The summed E-state index contributed by atoms with van der Waals surface area (Å²) in [5, 5.41) is 17.8. The molecule has 7 heteroatoms. The summed E-state index contributed by atoms with van der Waals surface area (Å²) in [6.07, 6.45) is 3.51. The molecule has 0 saturated heterocycles. The summed E-state index contributed by atoms with van der Waals surface area (Å²) in [5.41, 5.74) is 2.21. The van der Waals surface area contributed by atoms with Crippen LogP contribution in [0.2, 0.25) is 0 Å². The van der Waals surface area contributed by atoms with Crippen molar-refractivity contribution in [3.05, 3.63) is 138 Å². The molecule has 0 bridgehead atoms. The number of carbonyl (C=O) groups is 2. The minimum atomic E-state index is -1.45. The van der Waals surface area contributed by atoms with Gasteiger partial charge >= 0.3 is 0 Å². The summed E-state index contributed by atoms with van der Waals surface area (Å²) in [6, 6.07) is 30.9. The number of hydrogen-bond donors (Lipinski definition) is 3. The van der Waals surface area contributed by atoms with Gasteiger partial charge in [0.15, 0.2) is 5.69 Å². The smallest absolute Gasteiger partial charge is 0.272 e. The summed E-state index contributed by atoms with van der Waals surface area (Å²) >= 11 is 0. The van der Waals surface area contributed by atoms with Crippen molar-refractivity contribution in [2.45, 2.75) is 25.0 Å². The standard InChI is InChI=1S/C31H28N4O3/c1-22(31(38,24-13-7-3-8-14-24)25-15-9-4-10-16-25)33-30(37)29-27-18-17-26(20-35(27)21-32-29)34-28(36)19-23-11-5-2-6-12-23/h2-18,20-22,38H,19H2,1H3,(H,33,37)(H,34,36). The van der Waals surface area contributed by atoms with Gasteiger partial charge in [0.05, 0.1) is 23.7 Å².